The minimum atomic E-state index is -0.535. The fraction of sp³-hybridized carbons (Fsp3) is 0.571. The normalized spacial score (nSPS) is 18.1. The van der Waals surface area contributed by atoms with E-state index in [1.54, 1.807) is 7.05 Å². The number of rotatable bonds is 4. The van der Waals surface area contributed by atoms with Crippen LogP contribution < -0.4 is 5.32 Å². The maximum Gasteiger partial charge on any atom is 0.288 e. The number of carbonyl (C=O) groups is 1. The molecule has 0 aliphatic carbocycles. The fourth-order valence-electron chi connectivity index (χ4n) is 2.81. The van der Waals surface area contributed by atoms with Gasteiger partial charge in [0.15, 0.2) is 0 Å². The molecule has 7 nitrogen and oxygen atoms in total. The average molecular weight is 292 g/mol. The molecule has 1 atom stereocenters. The number of likely N-dealkylation sites (tertiary alicyclic amines) is 1. The van der Waals surface area contributed by atoms with E-state index in [1.807, 2.05) is 4.90 Å². The number of anilines is 1. The molecule has 0 saturated carbocycles. The maximum absolute atomic E-state index is 12.7. The topological polar surface area (TPSA) is 88.4 Å². The molecule has 114 valence electrons. The van der Waals surface area contributed by atoms with Gasteiger partial charge in [-0.25, -0.2) is 4.98 Å². The van der Waals surface area contributed by atoms with Crippen molar-refractivity contribution in [2.45, 2.75) is 32.7 Å². The molecule has 21 heavy (non-hydrogen) atoms. The standard InChI is InChI=1S/C14H20N4O3/c1-9(2)12-5-4-6-17(12)14(19)11-7-10(18(20)21)8-16-13(11)15-3/h7-9,12H,4-6H2,1-3H3,(H,15,16). The lowest BCUT2D eigenvalue weighted by Crippen LogP contribution is -2.38. The molecular formula is C14H20N4O3. The molecule has 2 heterocycles. The summed E-state index contributed by atoms with van der Waals surface area (Å²) in [5, 5.41) is 13.7. The number of nitro groups is 1. The molecule has 0 radical (unpaired) electrons. The number of amides is 1. The third-order valence-corrected chi connectivity index (χ3v) is 3.88. The Labute approximate surface area is 123 Å². The summed E-state index contributed by atoms with van der Waals surface area (Å²) in [4.78, 5) is 28.9. The van der Waals surface area contributed by atoms with E-state index in [2.05, 4.69) is 24.1 Å². The molecule has 0 aromatic carbocycles. The van der Waals surface area contributed by atoms with Crippen molar-refractivity contribution < 1.29 is 9.72 Å². The molecule has 1 aliphatic rings. The second kappa shape index (κ2) is 6.07. The second-order valence-electron chi connectivity index (χ2n) is 5.55. The first kappa shape index (κ1) is 15.2. The number of hydrogen-bond acceptors (Lipinski definition) is 5. The van der Waals surface area contributed by atoms with E-state index >= 15 is 0 Å². The Morgan fingerprint density at radius 1 is 1.57 bits per heavy atom. The van der Waals surface area contributed by atoms with Crippen LogP contribution in [0.2, 0.25) is 0 Å². The van der Waals surface area contributed by atoms with Crippen molar-refractivity contribution in [3.8, 4) is 0 Å². The molecule has 1 unspecified atom stereocenters. The molecule has 0 bridgehead atoms. The van der Waals surface area contributed by atoms with Crippen LogP contribution >= 0.6 is 0 Å². The molecule has 0 spiro atoms. The van der Waals surface area contributed by atoms with Gasteiger partial charge in [0.05, 0.1) is 10.5 Å². The number of nitrogens with one attached hydrogen (secondary N) is 1. The largest absolute Gasteiger partial charge is 0.372 e. The van der Waals surface area contributed by atoms with E-state index in [-0.39, 0.29) is 23.2 Å². The molecule has 1 saturated heterocycles. The average Bonchev–Trinajstić information content (AvgIpc) is 2.95. The number of pyridine rings is 1. The zero-order valence-corrected chi connectivity index (χ0v) is 12.5. The predicted molar refractivity (Wildman–Crippen MR) is 79.3 cm³/mol. The molecule has 1 aromatic rings. The van der Waals surface area contributed by atoms with Crippen LogP contribution in [-0.4, -0.2) is 40.3 Å². The quantitative estimate of drug-likeness (QED) is 0.679. The summed E-state index contributed by atoms with van der Waals surface area (Å²) in [7, 11) is 1.65. The van der Waals surface area contributed by atoms with Gasteiger partial charge < -0.3 is 10.2 Å². The Hall–Kier alpha value is -2.18. The first-order chi connectivity index (χ1) is 9.95. The van der Waals surface area contributed by atoms with Crippen molar-refractivity contribution in [3.05, 3.63) is 27.9 Å². The summed E-state index contributed by atoms with van der Waals surface area (Å²) >= 11 is 0. The molecule has 1 N–H and O–H groups in total. The highest BCUT2D eigenvalue weighted by molar-refractivity contribution is 5.99. The lowest BCUT2D eigenvalue weighted by molar-refractivity contribution is -0.385. The van der Waals surface area contributed by atoms with Gasteiger partial charge in [0, 0.05) is 25.7 Å². The van der Waals surface area contributed by atoms with Crippen LogP contribution in [0.3, 0.4) is 0 Å². The summed E-state index contributed by atoms with van der Waals surface area (Å²) in [6, 6.07) is 1.48. The van der Waals surface area contributed by atoms with Crippen LogP contribution in [0.15, 0.2) is 12.3 Å². The van der Waals surface area contributed by atoms with Gasteiger partial charge in [-0.1, -0.05) is 13.8 Å². The van der Waals surface area contributed by atoms with E-state index in [9.17, 15) is 14.9 Å². The van der Waals surface area contributed by atoms with Crippen LogP contribution in [0, 0.1) is 16.0 Å². The Morgan fingerprint density at radius 2 is 2.29 bits per heavy atom. The summed E-state index contributed by atoms with van der Waals surface area (Å²) in [6.07, 6.45) is 3.10. The van der Waals surface area contributed by atoms with Gasteiger partial charge >= 0.3 is 0 Å². The highest BCUT2D eigenvalue weighted by Gasteiger charge is 2.33. The van der Waals surface area contributed by atoms with E-state index in [4.69, 9.17) is 0 Å². The Balaban J connectivity index is 2.37. The van der Waals surface area contributed by atoms with Crippen LogP contribution in [0.25, 0.3) is 0 Å². The number of nitrogens with zero attached hydrogens (tertiary/aromatic N) is 3. The Morgan fingerprint density at radius 3 is 2.86 bits per heavy atom. The minimum absolute atomic E-state index is 0.169. The number of aromatic nitrogens is 1. The SMILES string of the molecule is CNc1ncc([N+](=O)[O-])cc1C(=O)N1CCCC1C(C)C. The molecule has 7 heteroatoms. The Kier molecular flexibility index (Phi) is 4.40. The second-order valence-corrected chi connectivity index (χ2v) is 5.55. The molecule has 1 fully saturated rings. The summed E-state index contributed by atoms with van der Waals surface area (Å²) in [6.45, 7) is 4.86. The van der Waals surface area contributed by atoms with Gasteiger partial charge in [-0.3, -0.25) is 14.9 Å². The fourth-order valence-corrected chi connectivity index (χ4v) is 2.81. The minimum Gasteiger partial charge on any atom is -0.372 e. The van der Waals surface area contributed by atoms with Crippen LogP contribution in [0.5, 0.6) is 0 Å². The van der Waals surface area contributed by atoms with Crippen LogP contribution in [0.1, 0.15) is 37.0 Å². The Bertz CT molecular complexity index is 559. The van der Waals surface area contributed by atoms with Gasteiger partial charge in [-0.05, 0) is 18.8 Å². The van der Waals surface area contributed by atoms with Crippen LogP contribution in [-0.2, 0) is 0 Å². The van der Waals surface area contributed by atoms with E-state index in [0.717, 1.165) is 19.0 Å². The first-order valence-corrected chi connectivity index (χ1v) is 7.09. The van der Waals surface area contributed by atoms with Crippen molar-refractivity contribution in [3.63, 3.8) is 0 Å². The van der Waals surface area contributed by atoms with Crippen molar-refractivity contribution in [2.24, 2.45) is 5.92 Å². The summed E-state index contributed by atoms with van der Waals surface area (Å²) < 4.78 is 0. The van der Waals surface area contributed by atoms with Gasteiger partial charge in [-0.15, -0.1) is 0 Å². The maximum atomic E-state index is 12.7. The molecule has 1 amide bonds. The van der Waals surface area contributed by atoms with Gasteiger partial charge in [-0.2, -0.15) is 0 Å². The van der Waals surface area contributed by atoms with Crippen LogP contribution in [0.4, 0.5) is 11.5 Å². The highest BCUT2D eigenvalue weighted by Crippen LogP contribution is 2.28. The van der Waals surface area contributed by atoms with Crippen molar-refractivity contribution in [1.82, 2.24) is 9.88 Å². The summed E-state index contributed by atoms with van der Waals surface area (Å²) in [5.74, 6) is 0.549. The molecule has 2 rings (SSSR count). The number of hydrogen-bond donors (Lipinski definition) is 1. The third-order valence-electron chi connectivity index (χ3n) is 3.88. The molecule has 1 aromatic heterocycles. The zero-order valence-electron chi connectivity index (χ0n) is 12.5. The van der Waals surface area contributed by atoms with Crippen molar-refractivity contribution in [1.29, 1.82) is 0 Å². The lowest BCUT2D eigenvalue weighted by Gasteiger charge is -2.28. The number of carbonyl (C=O) groups excluding carboxylic acids is 1. The van der Waals surface area contributed by atoms with Gasteiger partial charge in [0.2, 0.25) is 0 Å². The van der Waals surface area contributed by atoms with E-state index in [1.165, 1.54) is 6.07 Å². The van der Waals surface area contributed by atoms with Crippen molar-refractivity contribution >= 4 is 17.4 Å². The van der Waals surface area contributed by atoms with Gasteiger partial charge in [0.1, 0.15) is 12.0 Å². The third kappa shape index (κ3) is 2.96. The van der Waals surface area contributed by atoms with Gasteiger partial charge in [0.25, 0.3) is 11.6 Å². The highest BCUT2D eigenvalue weighted by atomic mass is 16.6. The first-order valence-electron chi connectivity index (χ1n) is 7.09. The van der Waals surface area contributed by atoms with E-state index < -0.39 is 4.92 Å². The molecular weight excluding hydrogens is 272 g/mol. The van der Waals surface area contributed by atoms with Crippen molar-refractivity contribution in [2.75, 3.05) is 18.9 Å². The lowest BCUT2D eigenvalue weighted by atomic mass is 10.0. The van der Waals surface area contributed by atoms with E-state index in [0.29, 0.717) is 18.3 Å². The smallest absolute Gasteiger partial charge is 0.288 e. The monoisotopic (exact) mass is 292 g/mol. The summed E-state index contributed by atoms with van der Waals surface area (Å²) in [5.41, 5.74) is 0.0943. The predicted octanol–water partition coefficient (Wildman–Crippen LogP) is 2.29. The molecule has 1 aliphatic heterocycles. The zero-order chi connectivity index (χ0) is 15.6.